The number of carbonyl (C=O) groups excluding carboxylic acids is 2. The van der Waals surface area contributed by atoms with Crippen LogP contribution in [0.2, 0.25) is 0 Å². The molecule has 0 spiro atoms. The van der Waals surface area contributed by atoms with Crippen LogP contribution < -0.4 is 0 Å². The fraction of sp³-hybridized carbons (Fsp3) is 0.409. The Balaban J connectivity index is 0.00000544. The van der Waals surface area contributed by atoms with Crippen molar-refractivity contribution in [1.29, 1.82) is 5.26 Å². The van der Waals surface area contributed by atoms with Gasteiger partial charge < -0.3 is 19.3 Å². The summed E-state index contributed by atoms with van der Waals surface area (Å²) < 4.78 is 49.0. The smallest absolute Gasteiger partial charge is 0.416 e. The number of hydrogen-bond acceptors (Lipinski definition) is 7. The molecule has 1 atom stereocenters. The van der Waals surface area contributed by atoms with Crippen molar-refractivity contribution in [2.75, 3.05) is 41.9 Å². The van der Waals surface area contributed by atoms with Crippen LogP contribution in [-0.4, -0.2) is 63.6 Å². The molecule has 11 heteroatoms. The molecule has 33 heavy (non-hydrogen) atoms. The van der Waals surface area contributed by atoms with E-state index in [1.54, 1.807) is 7.05 Å². The maximum Gasteiger partial charge on any atom is 0.416 e. The highest BCUT2D eigenvalue weighted by Gasteiger charge is 2.42. The number of rotatable bonds is 6. The van der Waals surface area contributed by atoms with E-state index >= 15 is 0 Å². The fourth-order valence-electron chi connectivity index (χ4n) is 3.58. The molecule has 0 bridgehead atoms. The second kappa shape index (κ2) is 11.2. The summed E-state index contributed by atoms with van der Waals surface area (Å²) in [5.74, 6) is -2.76. The summed E-state index contributed by atoms with van der Waals surface area (Å²) in [6, 6.07) is 6.07. The minimum absolute atomic E-state index is 0. The van der Waals surface area contributed by atoms with Crippen molar-refractivity contribution >= 4 is 24.3 Å². The zero-order chi connectivity index (χ0) is 24.2. The molecule has 1 aromatic rings. The van der Waals surface area contributed by atoms with Gasteiger partial charge in [0.05, 0.1) is 36.8 Å². The van der Waals surface area contributed by atoms with Crippen LogP contribution in [0.4, 0.5) is 13.2 Å². The topological polar surface area (TPSA) is 82.9 Å². The lowest BCUT2D eigenvalue weighted by Crippen LogP contribution is -2.35. The molecule has 0 N–H and O–H groups in total. The molecule has 1 heterocycles. The molecule has 0 saturated carbocycles. The average Bonchev–Trinajstić information content (AvgIpc) is 2.75. The number of nitriles is 1. The van der Waals surface area contributed by atoms with E-state index in [0.717, 1.165) is 19.2 Å². The zero-order valence-electron chi connectivity index (χ0n) is 18.8. The van der Waals surface area contributed by atoms with Crippen LogP contribution in [-0.2, 0) is 25.2 Å². The lowest BCUT2D eigenvalue weighted by Gasteiger charge is -2.36. The van der Waals surface area contributed by atoms with Crippen LogP contribution in [0.25, 0.3) is 0 Å². The Hall–Kier alpha value is -3.03. The summed E-state index contributed by atoms with van der Waals surface area (Å²) in [6.07, 6.45) is -4.23. The van der Waals surface area contributed by atoms with E-state index in [-0.39, 0.29) is 34.8 Å². The molecular weight excluding hydrogens is 463 g/mol. The third-order valence-electron chi connectivity index (χ3n) is 5.17. The quantitative estimate of drug-likeness (QED) is 0.568. The number of allylic oxidation sites excluding steroid dienone is 1. The molecule has 0 saturated heterocycles. The average molecular weight is 488 g/mol. The first-order valence-corrected chi connectivity index (χ1v) is 9.57. The van der Waals surface area contributed by atoms with Crippen LogP contribution in [0.3, 0.4) is 0 Å². The van der Waals surface area contributed by atoms with E-state index in [0.29, 0.717) is 18.7 Å². The van der Waals surface area contributed by atoms with Gasteiger partial charge in [-0.05, 0) is 31.8 Å². The van der Waals surface area contributed by atoms with Crippen molar-refractivity contribution in [3.8, 4) is 6.07 Å². The molecule has 0 aliphatic carbocycles. The predicted molar refractivity (Wildman–Crippen MR) is 116 cm³/mol. The largest absolute Gasteiger partial charge is 0.466 e. The van der Waals surface area contributed by atoms with Crippen molar-refractivity contribution < 1.29 is 32.2 Å². The van der Waals surface area contributed by atoms with Gasteiger partial charge in [-0.1, -0.05) is 12.1 Å². The van der Waals surface area contributed by atoms with Crippen molar-refractivity contribution in [2.24, 2.45) is 0 Å². The Morgan fingerprint density at radius 2 is 1.61 bits per heavy atom. The summed E-state index contributed by atoms with van der Waals surface area (Å²) in [6.45, 7) is 0.506. The molecule has 1 unspecified atom stereocenters. The monoisotopic (exact) mass is 487 g/mol. The number of methoxy groups -OCH3 is 2. The molecule has 0 amide bonds. The normalized spacial score (nSPS) is 16.4. The minimum atomic E-state index is -4.55. The molecule has 1 aliphatic rings. The van der Waals surface area contributed by atoms with Crippen LogP contribution in [0, 0.1) is 11.3 Å². The summed E-state index contributed by atoms with van der Waals surface area (Å²) in [4.78, 5) is 28.9. The Morgan fingerprint density at radius 1 is 1.09 bits per heavy atom. The van der Waals surface area contributed by atoms with E-state index in [1.807, 2.05) is 25.1 Å². The van der Waals surface area contributed by atoms with E-state index in [2.05, 4.69) is 0 Å². The van der Waals surface area contributed by atoms with E-state index < -0.39 is 29.6 Å². The summed E-state index contributed by atoms with van der Waals surface area (Å²) in [5.41, 5.74) is -0.359. The van der Waals surface area contributed by atoms with Gasteiger partial charge in [0.25, 0.3) is 0 Å². The lowest BCUT2D eigenvalue weighted by atomic mass is 9.79. The van der Waals surface area contributed by atoms with Gasteiger partial charge in [0.15, 0.2) is 0 Å². The minimum Gasteiger partial charge on any atom is -0.466 e. The van der Waals surface area contributed by atoms with Crippen molar-refractivity contribution in [1.82, 2.24) is 9.80 Å². The highest BCUT2D eigenvalue weighted by atomic mass is 35.5. The van der Waals surface area contributed by atoms with Crippen LogP contribution >= 0.6 is 12.4 Å². The third kappa shape index (κ3) is 5.86. The summed E-state index contributed by atoms with van der Waals surface area (Å²) in [5, 5.41) is 9.81. The van der Waals surface area contributed by atoms with Crippen molar-refractivity contribution in [3.05, 3.63) is 57.9 Å². The first kappa shape index (κ1) is 28.0. The molecule has 180 valence electrons. The Morgan fingerprint density at radius 3 is 2.03 bits per heavy atom. The number of carbonyl (C=O) groups is 2. The number of halogens is 4. The Labute approximate surface area is 196 Å². The van der Waals surface area contributed by atoms with Gasteiger partial charge in [-0.25, -0.2) is 9.59 Å². The third-order valence-corrected chi connectivity index (χ3v) is 5.17. The lowest BCUT2D eigenvalue weighted by molar-refractivity contribution is -0.138. The number of esters is 2. The van der Waals surface area contributed by atoms with Gasteiger partial charge in [0.1, 0.15) is 11.8 Å². The van der Waals surface area contributed by atoms with E-state index in [9.17, 15) is 28.0 Å². The maximum absolute atomic E-state index is 13.1. The summed E-state index contributed by atoms with van der Waals surface area (Å²) >= 11 is 0. The second-order valence-electron chi connectivity index (χ2n) is 7.38. The highest BCUT2D eigenvalue weighted by Crippen LogP contribution is 2.43. The Bertz CT molecular complexity index is 996. The van der Waals surface area contributed by atoms with Crippen molar-refractivity contribution in [2.45, 2.75) is 18.5 Å². The van der Waals surface area contributed by atoms with Crippen LogP contribution in [0.5, 0.6) is 0 Å². The van der Waals surface area contributed by atoms with Gasteiger partial charge in [-0.3, -0.25) is 0 Å². The number of ether oxygens (including phenoxy) is 2. The highest BCUT2D eigenvalue weighted by molar-refractivity contribution is 6.00. The Kier molecular flexibility index (Phi) is 9.51. The molecule has 1 aliphatic heterocycles. The first-order chi connectivity index (χ1) is 15.0. The predicted octanol–water partition coefficient (Wildman–Crippen LogP) is 3.49. The number of benzene rings is 1. The fourth-order valence-corrected chi connectivity index (χ4v) is 3.58. The van der Waals surface area contributed by atoms with Gasteiger partial charge in [0.2, 0.25) is 0 Å². The molecule has 2 rings (SSSR count). The molecule has 0 fully saturated rings. The van der Waals surface area contributed by atoms with Gasteiger partial charge in [0, 0.05) is 25.7 Å². The molecule has 0 radical (unpaired) electrons. The molecule has 0 aromatic heterocycles. The van der Waals surface area contributed by atoms with E-state index in [4.69, 9.17) is 9.47 Å². The number of alkyl halides is 3. The van der Waals surface area contributed by atoms with Gasteiger partial charge >= 0.3 is 18.1 Å². The van der Waals surface area contributed by atoms with Crippen LogP contribution in [0.1, 0.15) is 23.5 Å². The standard InChI is InChI=1S/C22H24F3N3O4.ClH/c1-27(2)11-10-15-18(20(29)31-4)17(13-6-8-14(9-7-13)22(23,24)25)19(21(30)32-5)16(12-26)28(15)3;/h6-9,17H,10-11H2,1-5H3;1H. The SMILES string of the molecule is COC(=O)C1=C(C#N)N(C)C(CCN(C)C)=C(C(=O)OC)C1c1ccc(C(F)(F)F)cc1.Cl. The molecule has 1 aromatic carbocycles. The zero-order valence-corrected chi connectivity index (χ0v) is 19.6. The van der Waals surface area contributed by atoms with Gasteiger partial charge in [-0.15, -0.1) is 12.4 Å². The number of hydrogen-bond donors (Lipinski definition) is 0. The van der Waals surface area contributed by atoms with E-state index in [1.165, 1.54) is 24.1 Å². The first-order valence-electron chi connectivity index (χ1n) is 9.57. The molecule has 7 nitrogen and oxygen atoms in total. The van der Waals surface area contributed by atoms with Crippen molar-refractivity contribution in [3.63, 3.8) is 0 Å². The van der Waals surface area contributed by atoms with Gasteiger partial charge in [-0.2, -0.15) is 18.4 Å². The van der Waals surface area contributed by atoms with Crippen LogP contribution in [0.15, 0.2) is 46.8 Å². The second-order valence-corrected chi connectivity index (χ2v) is 7.38. The number of nitrogens with zero attached hydrogens (tertiary/aromatic N) is 3. The molecular formula is C22H25ClF3N3O4. The maximum atomic E-state index is 13.1. The summed E-state index contributed by atoms with van der Waals surface area (Å²) in [7, 11) is 7.49.